The van der Waals surface area contributed by atoms with Crippen molar-refractivity contribution in [1.29, 1.82) is 0 Å². The molecule has 0 saturated heterocycles. The number of para-hydroxylation sites is 1. The first-order valence-corrected chi connectivity index (χ1v) is 12.8. The van der Waals surface area contributed by atoms with Crippen LogP contribution in [0.4, 0.5) is 5.69 Å². The van der Waals surface area contributed by atoms with Crippen LogP contribution in [0.2, 0.25) is 0 Å². The number of amides is 1. The molecule has 192 valence electrons. The molecule has 2 aromatic carbocycles. The normalized spacial score (nSPS) is 15.7. The molecule has 1 aromatic heterocycles. The molecular formula is C26H25N3O7S. The molecule has 0 aliphatic carbocycles. The van der Waals surface area contributed by atoms with Gasteiger partial charge in [-0.1, -0.05) is 30.0 Å². The van der Waals surface area contributed by atoms with E-state index in [0.29, 0.717) is 23.5 Å². The minimum absolute atomic E-state index is 0.0153. The van der Waals surface area contributed by atoms with Crippen molar-refractivity contribution in [3.8, 4) is 17.6 Å². The van der Waals surface area contributed by atoms with Crippen molar-refractivity contribution in [1.82, 2.24) is 9.62 Å². The van der Waals surface area contributed by atoms with Gasteiger partial charge in [-0.05, 0) is 55.1 Å². The molecule has 0 spiro atoms. The number of fused-ring (bicyclic) bond motifs is 1. The van der Waals surface area contributed by atoms with Gasteiger partial charge in [-0.2, -0.15) is 4.31 Å². The lowest BCUT2D eigenvalue weighted by molar-refractivity contribution is -0.141. The van der Waals surface area contributed by atoms with Gasteiger partial charge in [0.2, 0.25) is 10.0 Å². The summed E-state index contributed by atoms with van der Waals surface area (Å²) in [5, 5.41) is 12.9. The summed E-state index contributed by atoms with van der Waals surface area (Å²) in [7, 11) is -2.50. The van der Waals surface area contributed by atoms with Crippen molar-refractivity contribution in [2.24, 2.45) is 0 Å². The first-order chi connectivity index (χ1) is 17.8. The molecule has 0 bridgehead atoms. The second-order valence-corrected chi connectivity index (χ2v) is 9.96. The summed E-state index contributed by atoms with van der Waals surface area (Å²) in [5.74, 6) is 4.17. The Morgan fingerprint density at radius 1 is 1.11 bits per heavy atom. The predicted molar refractivity (Wildman–Crippen MR) is 135 cm³/mol. The van der Waals surface area contributed by atoms with Gasteiger partial charge < -0.3 is 24.5 Å². The molecule has 3 aromatic rings. The highest BCUT2D eigenvalue weighted by Crippen LogP contribution is 2.32. The topological polar surface area (TPSA) is 129 Å². The van der Waals surface area contributed by atoms with Crippen molar-refractivity contribution in [2.45, 2.75) is 17.5 Å². The van der Waals surface area contributed by atoms with Crippen molar-refractivity contribution in [3.63, 3.8) is 0 Å². The van der Waals surface area contributed by atoms with E-state index in [4.69, 9.17) is 9.15 Å². The minimum atomic E-state index is -4.28. The Kier molecular flexibility index (Phi) is 7.93. The maximum absolute atomic E-state index is 13.7. The van der Waals surface area contributed by atoms with E-state index in [1.807, 2.05) is 0 Å². The molecule has 1 aliphatic heterocycles. The average Bonchev–Trinajstić information content (AvgIpc) is 3.37. The van der Waals surface area contributed by atoms with Gasteiger partial charge in [-0.25, -0.2) is 8.42 Å². The Morgan fingerprint density at radius 2 is 1.86 bits per heavy atom. The zero-order valence-corrected chi connectivity index (χ0v) is 20.8. The highest BCUT2D eigenvalue weighted by Gasteiger charge is 2.42. The quantitative estimate of drug-likeness (QED) is 0.451. The van der Waals surface area contributed by atoms with E-state index < -0.39 is 34.5 Å². The minimum Gasteiger partial charge on any atom is -0.481 e. The largest absolute Gasteiger partial charge is 0.481 e. The van der Waals surface area contributed by atoms with Gasteiger partial charge in [-0.3, -0.25) is 9.59 Å². The molecule has 1 unspecified atom stereocenters. The van der Waals surface area contributed by atoms with Crippen LogP contribution >= 0.6 is 0 Å². The number of aliphatic carboxylic acids is 1. The van der Waals surface area contributed by atoms with E-state index in [1.165, 1.54) is 41.5 Å². The standard InChI is InChI=1S/C26H25N3O7S/c1-27-14-4-5-15-35-20-10-12-21(13-11-20)37(33,34)29-17-19-7-2-3-8-22(19)28(18-23(29)26(31)32)25(30)24-9-6-16-36-24/h2-3,6-13,16,23,27H,14-15,17-18H2,1H3,(H,31,32). The first kappa shape index (κ1) is 26.0. The third-order valence-electron chi connectivity index (χ3n) is 5.71. The zero-order chi connectivity index (χ0) is 26.4. The molecule has 2 heterocycles. The number of nitrogens with one attached hydrogen (secondary N) is 1. The number of carbonyl (C=O) groups excluding carboxylic acids is 1. The second kappa shape index (κ2) is 11.3. The van der Waals surface area contributed by atoms with Gasteiger partial charge in [-0.15, -0.1) is 0 Å². The Balaban J connectivity index is 1.65. The lowest BCUT2D eigenvalue weighted by Gasteiger charge is -2.28. The van der Waals surface area contributed by atoms with Gasteiger partial charge in [0.1, 0.15) is 18.4 Å². The van der Waals surface area contributed by atoms with E-state index in [1.54, 1.807) is 37.4 Å². The van der Waals surface area contributed by atoms with Crippen LogP contribution in [0, 0.1) is 11.8 Å². The predicted octanol–water partition coefficient (Wildman–Crippen LogP) is 2.19. The molecule has 10 nitrogen and oxygen atoms in total. The number of benzene rings is 2. The lowest BCUT2D eigenvalue weighted by atomic mass is 10.1. The Labute approximate surface area is 214 Å². The number of anilines is 1. The Hall–Kier alpha value is -4.11. The third-order valence-corrected chi connectivity index (χ3v) is 7.57. The van der Waals surface area contributed by atoms with Crippen molar-refractivity contribution < 1.29 is 32.3 Å². The Bertz CT molecular complexity index is 1420. The van der Waals surface area contributed by atoms with E-state index in [2.05, 4.69) is 17.2 Å². The molecule has 1 amide bonds. The number of carboxylic acids is 1. The highest BCUT2D eigenvalue weighted by molar-refractivity contribution is 7.89. The van der Waals surface area contributed by atoms with Crippen molar-refractivity contribution >= 4 is 27.6 Å². The summed E-state index contributed by atoms with van der Waals surface area (Å²) in [6, 6.07) is 13.9. The van der Waals surface area contributed by atoms with Gasteiger partial charge in [0.25, 0.3) is 5.91 Å². The molecule has 1 aliphatic rings. The number of carbonyl (C=O) groups is 2. The van der Waals surface area contributed by atoms with E-state index in [-0.39, 0.29) is 23.8 Å². The maximum atomic E-state index is 13.7. The Morgan fingerprint density at radius 3 is 2.54 bits per heavy atom. The van der Waals surface area contributed by atoms with E-state index in [0.717, 1.165) is 4.31 Å². The van der Waals surface area contributed by atoms with E-state index >= 15 is 0 Å². The summed E-state index contributed by atoms with van der Waals surface area (Å²) >= 11 is 0. The number of rotatable bonds is 7. The smallest absolute Gasteiger partial charge is 0.323 e. The number of hydrogen-bond donors (Lipinski definition) is 2. The van der Waals surface area contributed by atoms with Crippen LogP contribution in [0.15, 0.2) is 76.2 Å². The van der Waals surface area contributed by atoms with Crippen LogP contribution in [0.25, 0.3) is 0 Å². The molecule has 0 radical (unpaired) electrons. The summed E-state index contributed by atoms with van der Waals surface area (Å²) in [4.78, 5) is 26.7. The molecule has 4 rings (SSSR count). The fourth-order valence-corrected chi connectivity index (χ4v) is 5.44. The summed E-state index contributed by atoms with van der Waals surface area (Å²) in [5.41, 5.74) is 0.894. The monoisotopic (exact) mass is 523 g/mol. The lowest BCUT2D eigenvalue weighted by Crippen LogP contribution is -2.50. The van der Waals surface area contributed by atoms with Crippen molar-refractivity contribution in [3.05, 3.63) is 78.3 Å². The van der Waals surface area contributed by atoms with Crippen LogP contribution in [-0.4, -0.2) is 62.5 Å². The molecule has 0 fully saturated rings. The molecular weight excluding hydrogens is 498 g/mol. The third kappa shape index (κ3) is 5.67. The molecule has 37 heavy (non-hydrogen) atoms. The highest BCUT2D eigenvalue weighted by atomic mass is 32.2. The zero-order valence-electron chi connectivity index (χ0n) is 20.0. The fraction of sp³-hybridized carbons (Fsp3) is 0.231. The number of furan rings is 1. The maximum Gasteiger partial charge on any atom is 0.323 e. The second-order valence-electron chi connectivity index (χ2n) is 8.07. The molecule has 1 atom stereocenters. The van der Waals surface area contributed by atoms with Crippen molar-refractivity contribution in [2.75, 3.05) is 31.6 Å². The van der Waals surface area contributed by atoms with E-state index in [9.17, 15) is 23.1 Å². The number of hydrogen-bond acceptors (Lipinski definition) is 7. The number of carboxylic acid groups (broad SMARTS) is 1. The number of nitrogens with zero attached hydrogens (tertiary/aromatic N) is 2. The first-order valence-electron chi connectivity index (χ1n) is 11.3. The van der Waals surface area contributed by atoms with Gasteiger partial charge in [0.15, 0.2) is 5.76 Å². The average molecular weight is 524 g/mol. The number of ether oxygens (including phenoxy) is 1. The van der Waals surface area contributed by atoms with Crippen LogP contribution in [0.5, 0.6) is 5.75 Å². The summed E-state index contributed by atoms with van der Waals surface area (Å²) < 4.78 is 39.0. The van der Waals surface area contributed by atoms with Crippen LogP contribution in [0.1, 0.15) is 16.1 Å². The molecule has 0 saturated carbocycles. The van der Waals surface area contributed by atoms with Gasteiger partial charge >= 0.3 is 5.97 Å². The number of sulfonamides is 1. The molecule has 11 heteroatoms. The SMILES string of the molecule is CNCC#CCOc1ccc(S(=O)(=O)N2Cc3ccccc3N(C(=O)c3ccco3)CC2C(=O)O)cc1. The fourth-order valence-electron chi connectivity index (χ4n) is 3.89. The van der Waals surface area contributed by atoms with Crippen LogP contribution in [-0.2, 0) is 21.4 Å². The van der Waals surface area contributed by atoms with Gasteiger partial charge in [0.05, 0.1) is 24.2 Å². The van der Waals surface area contributed by atoms with Crippen LogP contribution < -0.4 is 15.0 Å². The summed E-state index contributed by atoms with van der Waals surface area (Å²) in [6.07, 6.45) is 1.34. The van der Waals surface area contributed by atoms with Crippen LogP contribution in [0.3, 0.4) is 0 Å². The molecule has 2 N–H and O–H groups in total. The van der Waals surface area contributed by atoms with Gasteiger partial charge in [0, 0.05) is 12.2 Å². The summed E-state index contributed by atoms with van der Waals surface area (Å²) in [6.45, 7) is 0.0143.